The average Bonchev–Trinajstić information content (AvgIpc) is 3.37. The first kappa shape index (κ1) is 17.3. The van der Waals surface area contributed by atoms with Gasteiger partial charge < -0.3 is 10.2 Å². The molecular weight excluding hydrogens is 412 g/mol. The number of aromatic amines is 1. The molecule has 1 saturated heterocycles. The Labute approximate surface area is 164 Å². The summed E-state index contributed by atoms with van der Waals surface area (Å²) in [6.07, 6.45) is 1.35. The number of nitrogens with zero attached hydrogens (tertiary/aromatic N) is 2. The number of rotatable bonds is 5. The van der Waals surface area contributed by atoms with Crippen molar-refractivity contribution in [3.05, 3.63) is 57.9 Å². The molecule has 26 heavy (non-hydrogen) atoms. The molecule has 2 aromatic heterocycles. The summed E-state index contributed by atoms with van der Waals surface area (Å²) in [5.41, 5.74) is 2.06. The molecule has 2 N–H and O–H groups in total. The van der Waals surface area contributed by atoms with Crippen molar-refractivity contribution in [2.45, 2.75) is 18.9 Å². The number of hydrogen-bond acceptors (Lipinski definition) is 4. The van der Waals surface area contributed by atoms with Crippen LogP contribution in [0.4, 0.5) is 5.82 Å². The van der Waals surface area contributed by atoms with E-state index in [1.54, 1.807) is 11.3 Å². The largest absolute Gasteiger partial charge is 0.353 e. The molecule has 1 unspecified atom stereocenters. The Hall–Kier alpha value is -2.12. The minimum absolute atomic E-state index is 0.0699. The van der Waals surface area contributed by atoms with Crippen LogP contribution in [0.1, 0.15) is 12.0 Å². The molecule has 0 saturated carbocycles. The molecule has 1 atom stereocenters. The molecule has 134 valence electrons. The van der Waals surface area contributed by atoms with Crippen LogP contribution in [0.15, 0.2) is 52.3 Å². The summed E-state index contributed by atoms with van der Waals surface area (Å²) in [4.78, 5) is 15.7. The van der Waals surface area contributed by atoms with Crippen molar-refractivity contribution >= 4 is 39.0 Å². The summed E-state index contributed by atoms with van der Waals surface area (Å²) >= 11 is 5.10. The fraction of sp³-hybridized carbons (Fsp3) is 0.263. The minimum atomic E-state index is 0.0699. The standard InChI is InChI=1S/C19H19BrN4OS/c20-14-5-3-13(4-6-14)10-19(25)21-15-7-8-24(12-15)18-11-16(22-23-18)17-2-1-9-26-17/h1-6,9,11,15H,7-8,10,12H2,(H,21,25)(H,22,23). The zero-order chi connectivity index (χ0) is 17.9. The van der Waals surface area contributed by atoms with Crippen molar-refractivity contribution in [2.75, 3.05) is 18.0 Å². The zero-order valence-corrected chi connectivity index (χ0v) is 16.5. The van der Waals surface area contributed by atoms with Gasteiger partial charge in [0.15, 0.2) is 5.82 Å². The van der Waals surface area contributed by atoms with Crippen molar-refractivity contribution in [2.24, 2.45) is 0 Å². The number of thiophene rings is 1. The number of nitrogens with one attached hydrogen (secondary N) is 2. The normalized spacial score (nSPS) is 16.8. The Morgan fingerprint density at radius 3 is 2.96 bits per heavy atom. The molecule has 4 rings (SSSR count). The van der Waals surface area contributed by atoms with E-state index in [4.69, 9.17) is 0 Å². The van der Waals surface area contributed by atoms with Gasteiger partial charge in [-0.3, -0.25) is 9.89 Å². The van der Waals surface area contributed by atoms with Crippen LogP contribution in [0, 0.1) is 0 Å². The van der Waals surface area contributed by atoms with E-state index in [-0.39, 0.29) is 11.9 Å². The molecule has 3 aromatic rings. The van der Waals surface area contributed by atoms with Crippen LogP contribution in [-0.2, 0) is 11.2 Å². The molecule has 1 aliphatic rings. The van der Waals surface area contributed by atoms with E-state index in [0.29, 0.717) is 6.42 Å². The molecule has 1 amide bonds. The fourth-order valence-corrected chi connectivity index (χ4v) is 4.14. The van der Waals surface area contributed by atoms with Gasteiger partial charge in [-0.2, -0.15) is 5.10 Å². The van der Waals surface area contributed by atoms with Gasteiger partial charge >= 0.3 is 0 Å². The highest BCUT2D eigenvalue weighted by molar-refractivity contribution is 9.10. The Bertz CT molecular complexity index is 875. The number of benzene rings is 1. The predicted octanol–water partition coefficient (Wildman–Crippen LogP) is 3.84. The monoisotopic (exact) mass is 430 g/mol. The summed E-state index contributed by atoms with van der Waals surface area (Å²) in [5.74, 6) is 1.01. The second-order valence-electron chi connectivity index (χ2n) is 6.42. The SMILES string of the molecule is O=C(Cc1ccc(Br)cc1)NC1CCN(c2cc(-c3cccs3)[nH]n2)C1. The number of H-pyrrole nitrogens is 1. The average molecular weight is 431 g/mol. The predicted molar refractivity (Wildman–Crippen MR) is 109 cm³/mol. The quantitative estimate of drug-likeness (QED) is 0.646. The van der Waals surface area contributed by atoms with Gasteiger partial charge in [-0.05, 0) is 35.6 Å². The van der Waals surface area contributed by atoms with Gasteiger partial charge in [0.2, 0.25) is 5.91 Å². The van der Waals surface area contributed by atoms with E-state index < -0.39 is 0 Å². The molecule has 5 nitrogen and oxygen atoms in total. The third-order valence-corrected chi connectivity index (χ3v) is 5.94. The molecule has 0 aliphatic carbocycles. The Morgan fingerprint density at radius 2 is 2.19 bits per heavy atom. The first-order valence-corrected chi connectivity index (χ1v) is 10.2. The van der Waals surface area contributed by atoms with E-state index >= 15 is 0 Å². The summed E-state index contributed by atoms with van der Waals surface area (Å²) in [6.45, 7) is 1.69. The summed E-state index contributed by atoms with van der Waals surface area (Å²) in [6, 6.07) is 14.2. The maximum Gasteiger partial charge on any atom is 0.224 e. The van der Waals surface area contributed by atoms with Crippen LogP contribution in [0.3, 0.4) is 0 Å². The van der Waals surface area contributed by atoms with Gasteiger partial charge in [0.1, 0.15) is 0 Å². The van der Waals surface area contributed by atoms with E-state index in [9.17, 15) is 4.79 Å². The topological polar surface area (TPSA) is 61.0 Å². The molecule has 1 aromatic carbocycles. The van der Waals surface area contributed by atoms with E-state index in [2.05, 4.69) is 53.9 Å². The highest BCUT2D eigenvalue weighted by atomic mass is 79.9. The molecular formula is C19H19BrN4OS. The van der Waals surface area contributed by atoms with Gasteiger partial charge in [0, 0.05) is 29.7 Å². The Balaban J connectivity index is 1.32. The summed E-state index contributed by atoms with van der Waals surface area (Å²) < 4.78 is 1.02. The van der Waals surface area contributed by atoms with Gasteiger partial charge in [-0.1, -0.05) is 34.1 Å². The Kier molecular flexibility index (Phi) is 5.08. The number of aromatic nitrogens is 2. The Morgan fingerprint density at radius 1 is 1.35 bits per heavy atom. The third kappa shape index (κ3) is 3.99. The lowest BCUT2D eigenvalue weighted by Crippen LogP contribution is -2.38. The first-order chi connectivity index (χ1) is 12.7. The maximum atomic E-state index is 12.3. The maximum absolute atomic E-state index is 12.3. The van der Waals surface area contributed by atoms with Gasteiger partial charge in [-0.15, -0.1) is 11.3 Å². The molecule has 0 radical (unpaired) electrons. The van der Waals surface area contributed by atoms with Crippen LogP contribution in [-0.4, -0.2) is 35.2 Å². The number of carbonyl (C=O) groups excluding carboxylic acids is 1. The highest BCUT2D eigenvalue weighted by Crippen LogP contribution is 2.27. The number of halogens is 1. The number of hydrogen-bond donors (Lipinski definition) is 2. The molecule has 0 spiro atoms. The smallest absolute Gasteiger partial charge is 0.224 e. The fourth-order valence-electron chi connectivity index (χ4n) is 3.18. The van der Waals surface area contributed by atoms with Crippen molar-refractivity contribution in [3.63, 3.8) is 0 Å². The summed E-state index contributed by atoms with van der Waals surface area (Å²) in [7, 11) is 0. The van der Waals surface area contributed by atoms with Crippen LogP contribution >= 0.6 is 27.3 Å². The molecule has 1 fully saturated rings. The second-order valence-corrected chi connectivity index (χ2v) is 8.28. The minimum Gasteiger partial charge on any atom is -0.353 e. The van der Waals surface area contributed by atoms with Crippen LogP contribution in [0.25, 0.3) is 10.6 Å². The molecule has 3 heterocycles. The zero-order valence-electron chi connectivity index (χ0n) is 14.1. The molecule has 0 bridgehead atoms. The van der Waals surface area contributed by atoms with Crippen molar-refractivity contribution < 1.29 is 4.79 Å². The summed E-state index contributed by atoms with van der Waals surface area (Å²) in [5, 5.41) is 12.7. The van der Waals surface area contributed by atoms with Gasteiger partial charge in [0.05, 0.1) is 17.0 Å². The first-order valence-electron chi connectivity index (χ1n) is 8.55. The van der Waals surface area contributed by atoms with Crippen LogP contribution in [0.2, 0.25) is 0 Å². The molecule has 1 aliphatic heterocycles. The van der Waals surface area contributed by atoms with Gasteiger partial charge in [-0.25, -0.2) is 0 Å². The van der Waals surface area contributed by atoms with Crippen molar-refractivity contribution in [3.8, 4) is 10.6 Å². The highest BCUT2D eigenvalue weighted by Gasteiger charge is 2.25. The van der Waals surface area contributed by atoms with Crippen molar-refractivity contribution in [1.82, 2.24) is 15.5 Å². The van der Waals surface area contributed by atoms with E-state index in [1.165, 1.54) is 4.88 Å². The third-order valence-electron chi connectivity index (χ3n) is 4.51. The number of carbonyl (C=O) groups is 1. The molecule has 7 heteroatoms. The van der Waals surface area contributed by atoms with E-state index in [1.807, 2.05) is 30.3 Å². The lowest BCUT2D eigenvalue weighted by Gasteiger charge is -2.16. The van der Waals surface area contributed by atoms with Crippen molar-refractivity contribution in [1.29, 1.82) is 0 Å². The second kappa shape index (κ2) is 7.63. The number of anilines is 1. The van der Waals surface area contributed by atoms with E-state index in [0.717, 1.165) is 41.1 Å². The lowest BCUT2D eigenvalue weighted by atomic mass is 10.1. The van der Waals surface area contributed by atoms with Gasteiger partial charge in [0.25, 0.3) is 0 Å². The van der Waals surface area contributed by atoms with Crippen LogP contribution < -0.4 is 10.2 Å². The lowest BCUT2D eigenvalue weighted by molar-refractivity contribution is -0.121. The van der Waals surface area contributed by atoms with Crippen LogP contribution in [0.5, 0.6) is 0 Å². The number of amides is 1.